The molecule has 1 rings (SSSR count). The summed E-state index contributed by atoms with van der Waals surface area (Å²) in [5.74, 6) is -0.0667. The van der Waals surface area contributed by atoms with Crippen molar-refractivity contribution in [2.75, 3.05) is 19.4 Å². The monoisotopic (exact) mass is 311 g/mol. The Labute approximate surface area is 129 Å². The lowest BCUT2D eigenvalue weighted by atomic mass is 10.1. The third-order valence-electron chi connectivity index (χ3n) is 2.99. The van der Waals surface area contributed by atoms with Crippen molar-refractivity contribution in [2.24, 2.45) is 5.92 Å². The minimum atomic E-state index is -0.795. The molecule has 0 aliphatic heterocycles. The summed E-state index contributed by atoms with van der Waals surface area (Å²) in [5.41, 5.74) is 0. The Kier molecular flexibility index (Phi) is 7.68. The number of carbonyl (C=O) groups is 2. The maximum Gasteiger partial charge on any atom is 0.306 e. The van der Waals surface area contributed by atoms with E-state index in [-0.39, 0.29) is 11.8 Å². The van der Waals surface area contributed by atoms with Crippen LogP contribution in [0.2, 0.25) is 0 Å². The number of thioether (sulfide) groups is 1. The average Bonchev–Trinajstić information content (AvgIpc) is 2.49. The van der Waals surface area contributed by atoms with Crippen LogP contribution in [0.4, 0.5) is 0 Å². The van der Waals surface area contributed by atoms with Crippen molar-refractivity contribution < 1.29 is 19.4 Å². The molecule has 1 unspecified atom stereocenters. The van der Waals surface area contributed by atoms with Gasteiger partial charge in [0, 0.05) is 11.4 Å². The first-order valence-electron chi connectivity index (χ1n) is 6.79. The molecule has 0 bridgehead atoms. The Bertz CT molecular complexity index is 461. The van der Waals surface area contributed by atoms with Gasteiger partial charge in [0.05, 0.1) is 18.8 Å². The van der Waals surface area contributed by atoms with Crippen molar-refractivity contribution in [3.05, 3.63) is 24.3 Å². The quantitative estimate of drug-likeness (QED) is 0.541. The summed E-state index contributed by atoms with van der Waals surface area (Å²) in [6.07, 6.45) is 1.24. The highest BCUT2D eigenvalue weighted by atomic mass is 32.2. The number of carbonyl (C=O) groups excluding carboxylic acids is 1. The molecule has 0 fully saturated rings. The standard InChI is InChI=1S/C15H21NO4S/c1-11(15(18)19)4-3-9-16-14(17)10-21-13-7-5-12(20-2)6-8-13/h5-8,11H,3-4,9-10H2,1-2H3,(H,16,17)(H,18,19). The lowest BCUT2D eigenvalue weighted by Crippen LogP contribution is -2.26. The van der Waals surface area contributed by atoms with Gasteiger partial charge in [0.25, 0.3) is 0 Å². The molecule has 116 valence electrons. The number of hydrogen-bond donors (Lipinski definition) is 2. The van der Waals surface area contributed by atoms with Gasteiger partial charge in [-0.15, -0.1) is 11.8 Å². The molecule has 1 aromatic carbocycles. The average molecular weight is 311 g/mol. The predicted octanol–water partition coefficient (Wildman–Crippen LogP) is 2.40. The number of nitrogens with one attached hydrogen (secondary N) is 1. The van der Waals surface area contributed by atoms with E-state index in [0.29, 0.717) is 25.1 Å². The molecule has 21 heavy (non-hydrogen) atoms. The normalized spacial score (nSPS) is 11.7. The zero-order valence-electron chi connectivity index (χ0n) is 12.3. The Hall–Kier alpha value is -1.69. The third kappa shape index (κ3) is 7.04. The summed E-state index contributed by atoms with van der Waals surface area (Å²) in [4.78, 5) is 23.3. The van der Waals surface area contributed by atoms with E-state index in [1.807, 2.05) is 24.3 Å². The van der Waals surface area contributed by atoms with Gasteiger partial charge in [0.2, 0.25) is 5.91 Å². The Morgan fingerprint density at radius 3 is 2.57 bits per heavy atom. The lowest BCUT2D eigenvalue weighted by molar-refractivity contribution is -0.141. The van der Waals surface area contributed by atoms with Crippen molar-refractivity contribution in [1.29, 1.82) is 0 Å². The first kappa shape index (κ1) is 17.4. The second kappa shape index (κ2) is 9.28. The van der Waals surface area contributed by atoms with E-state index in [2.05, 4.69) is 5.32 Å². The molecular formula is C15H21NO4S. The zero-order chi connectivity index (χ0) is 15.7. The van der Waals surface area contributed by atoms with Crippen LogP contribution in [0.3, 0.4) is 0 Å². The molecule has 1 aromatic rings. The number of carboxylic acids is 1. The van der Waals surface area contributed by atoms with E-state index in [4.69, 9.17) is 9.84 Å². The van der Waals surface area contributed by atoms with Crippen LogP contribution in [0.1, 0.15) is 19.8 Å². The van der Waals surface area contributed by atoms with E-state index in [1.54, 1.807) is 14.0 Å². The topological polar surface area (TPSA) is 75.6 Å². The maximum atomic E-state index is 11.6. The number of hydrogen-bond acceptors (Lipinski definition) is 4. The smallest absolute Gasteiger partial charge is 0.306 e. The SMILES string of the molecule is COc1ccc(SCC(=O)NCCCC(C)C(=O)O)cc1. The summed E-state index contributed by atoms with van der Waals surface area (Å²) in [6, 6.07) is 7.53. The number of rotatable bonds is 9. The molecule has 1 amide bonds. The molecule has 1 atom stereocenters. The van der Waals surface area contributed by atoms with Gasteiger partial charge in [-0.1, -0.05) is 6.92 Å². The van der Waals surface area contributed by atoms with E-state index < -0.39 is 5.97 Å². The number of ether oxygens (including phenoxy) is 1. The molecule has 6 heteroatoms. The van der Waals surface area contributed by atoms with Gasteiger partial charge in [-0.2, -0.15) is 0 Å². The Balaban J connectivity index is 2.17. The van der Waals surface area contributed by atoms with Crippen molar-refractivity contribution in [1.82, 2.24) is 5.32 Å². The lowest BCUT2D eigenvalue weighted by Gasteiger charge is -2.07. The van der Waals surface area contributed by atoms with E-state index in [1.165, 1.54) is 11.8 Å². The van der Waals surface area contributed by atoms with Crippen LogP contribution in [0, 0.1) is 5.92 Å². The Morgan fingerprint density at radius 1 is 1.33 bits per heavy atom. The van der Waals surface area contributed by atoms with Crippen LogP contribution in [-0.2, 0) is 9.59 Å². The first-order valence-corrected chi connectivity index (χ1v) is 7.78. The van der Waals surface area contributed by atoms with Gasteiger partial charge in [-0.3, -0.25) is 9.59 Å². The molecule has 0 aliphatic carbocycles. The molecule has 0 radical (unpaired) electrons. The molecule has 0 saturated carbocycles. The molecule has 0 saturated heterocycles. The molecular weight excluding hydrogens is 290 g/mol. The summed E-state index contributed by atoms with van der Waals surface area (Å²) >= 11 is 1.46. The summed E-state index contributed by atoms with van der Waals surface area (Å²) < 4.78 is 5.07. The largest absolute Gasteiger partial charge is 0.497 e. The second-order valence-electron chi connectivity index (χ2n) is 4.70. The first-order chi connectivity index (χ1) is 10.0. The summed E-state index contributed by atoms with van der Waals surface area (Å²) in [6.45, 7) is 2.18. The number of methoxy groups -OCH3 is 1. The van der Waals surface area contributed by atoms with Crippen LogP contribution in [-0.4, -0.2) is 36.4 Å². The van der Waals surface area contributed by atoms with E-state index in [9.17, 15) is 9.59 Å². The molecule has 0 heterocycles. The van der Waals surface area contributed by atoms with Gasteiger partial charge in [0.15, 0.2) is 0 Å². The number of amides is 1. The van der Waals surface area contributed by atoms with Crippen molar-refractivity contribution in [2.45, 2.75) is 24.7 Å². The minimum Gasteiger partial charge on any atom is -0.497 e. The van der Waals surface area contributed by atoms with E-state index in [0.717, 1.165) is 10.6 Å². The van der Waals surface area contributed by atoms with Crippen LogP contribution in [0.5, 0.6) is 5.75 Å². The highest BCUT2D eigenvalue weighted by Gasteiger charge is 2.10. The Morgan fingerprint density at radius 2 is 2.00 bits per heavy atom. The van der Waals surface area contributed by atoms with Crippen molar-refractivity contribution >= 4 is 23.6 Å². The number of carboxylic acid groups (broad SMARTS) is 1. The fourth-order valence-electron chi connectivity index (χ4n) is 1.63. The predicted molar refractivity (Wildman–Crippen MR) is 82.8 cm³/mol. The van der Waals surface area contributed by atoms with Crippen LogP contribution < -0.4 is 10.1 Å². The highest BCUT2D eigenvalue weighted by Crippen LogP contribution is 2.20. The summed E-state index contributed by atoms with van der Waals surface area (Å²) in [5, 5.41) is 11.5. The number of benzene rings is 1. The summed E-state index contributed by atoms with van der Waals surface area (Å²) in [7, 11) is 1.61. The highest BCUT2D eigenvalue weighted by molar-refractivity contribution is 8.00. The third-order valence-corrected chi connectivity index (χ3v) is 4.00. The molecule has 5 nitrogen and oxygen atoms in total. The molecule has 0 spiro atoms. The van der Waals surface area contributed by atoms with E-state index >= 15 is 0 Å². The minimum absolute atomic E-state index is 0.0428. The fourth-order valence-corrected chi connectivity index (χ4v) is 2.36. The van der Waals surface area contributed by atoms with Gasteiger partial charge in [-0.25, -0.2) is 0 Å². The molecule has 2 N–H and O–H groups in total. The number of aliphatic carboxylic acids is 1. The van der Waals surface area contributed by atoms with Gasteiger partial charge < -0.3 is 15.2 Å². The van der Waals surface area contributed by atoms with Gasteiger partial charge in [0.1, 0.15) is 5.75 Å². The zero-order valence-corrected chi connectivity index (χ0v) is 13.1. The van der Waals surface area contributed by atoms with Gasteiger partial charge in [-0.05, 0) is 37.1 Å². The van der Waals surface area contributed by atoms with Crippen LogP contribution >= 0.6 is 11.8 Å². The van der Waals surface area contributed by atoms with Crippen LogP contribution in [0.15, 0.2) is 29.2 Å². The second-order valence-corrected chi connectivity index (χ2v) is 5.74. The van der Waals surface area contributed by atoms with Crippen molar-refractivity contribution in [3.63, 3.8) is 0 Å². The van der Waals surface area contributed by atoms with Gasteiger partial charge >= 0.3 is 5.97 Å². The van der Waals surface area contributed by atoms with Crippen molar-refractivity contribution in [3.8, 4) is 5.75 Å². The van der Waals surface area contributed by atoms with Crippen LogP contribution in [0.25, 0.3) is 0 Å². The molecule has 0 aromatic heterocycles. The fraction of sp³-hybridized carbons (Fsp3) is 0.467. The maximum absolute atomic E-state index is 11.6. The molecule has 0 aliphatic rings.